The number of thiocarbonyl (C=S) groups is 1. The third-order valence-electron chi connectivity index (χ3n) is 3.53. The van der Waals surface area contributed by atoms with Crippen LogP contribution >= 0.6 is 12.2 Å². The second-order valence-corrected chi connectivity index (χ2v) is 5.85. The molecule has 8 heteroatoms. The molecule has 2 amide bonds. The van der Waals surface area contributed by atoms with Crippen molar-refractivity contribution in [3.63, 3.8) is 0 Å². The van der Waals surface area contributed by atoms with Crippen LogP contribution < -0.4 is 10.2 Å². The average molecular weight is 333 g/mol. The number of hydrogen-bond acceptors (Lipinski definition) is 6. The van der Waals surface area contributed by atoms with Gasteiger partial charge in [-0.25, -0.2) is 9.97 Å². The summed E-state index contributed by atoms with van der Waals surface area (Å²) in [5, 5.41) is 2.70. The van der Waals surface area contributed by atoms with Gasteiger partial charge in [-0.2, -0.15) is 0 Å². The first-order chi connectivity index (χ1) is 10.8. The molecule has 1 saturated heterocycles. The summed E-state index contributed by atoms with van der Waals surface area (Å²) >= 11 is 5.10. The Balaban J connectivity index is 2.34. The van der Waals surface area contributed by atoms with Crippen molar-refractivity contribution in [1.82, 2.24) is 20.2 Å². The van der Waals surface area contributed by atoms with Gasteiger partial charge in [0.2, 0.25) is 5.95 Å². The Hall–Kier alpha value is -2.35. The van der Waals surface area contributed by atoms with Crippen LogP contribution in [-0.4, -0.2) is 51.9 Å². The van der Waals surface area contributed by atoms with Crippen molar-refractivity contribution in [3.05, 3.63) is 23.5 Å². The van der Waals surface area contributed by atoms with E-state index in [-0.39, 0.29) is 16.7 Å². The van der Waals surface area contributed by atoms with E-state index in [0.29, 0.717) is 11.5 Å². The summed E-state index contributed by atoms with van der Waals surface area (Å²) in [6.07, 6.45) is 5.34. The number of anilines is 1. The minimum absolute atomic E-state index is 0.0279. The zero-order chi connectivity index (χ0) is 17.1. The fraction of sp³-hybridized carbons (Fsp3) is 0.400. The molecule has 1 aromatic heterocycles. The predicted octanol–water partition coefficient (Wildman–Crippen LogP) is 0.968. The average Bonchev–Trinajstić information content (AvgIpc) is 2.51. The standard InChI is InChI=1S/C15H19N5O2S/c1-5-9(2)20-13(22)11(12(21)18-15(20)23)6-10-7-16-14(17-8-10)19(3)4/h6-9H,5H2,1-4H3,(H,18,21,23)/b11-6-/t9-/m1/s1. The molecular formula is C15H19N5O2S. The van der Waals surface area contributed by atoms with Crippen LogP contribution in [0.5, 0.6) is 0 Å². The SMILES string of the molecule is CC[C@@H](C)N1C(=O)/C(=C\c2cnc(N(C)C)nc2)C(=O)NC1=S. The normalized spacial score (nSPS) is 18.2. The Labute approximate surface area is 140 Å². The van der Waals surface area contributed by atoms with Crippen LogP contribution in [0.15, 0.2) is 18.0 Å². The number of hydrogen-bond donors (Lipinski definition) is 1. The highest BCUT2D eigenvalue weighted by molar-refractivity contribution is 7.80. The molecule has 23 heavy (non-hydrogen) atoms. The van der Waals surface area contributed by atoms with Gasteiger partial charge in [0.15, 0.2) is 5.11 Å². The van der Waals surface area contributed by atoms with E-state index in [1.165, 1.54) is 11.0 Å². The van der Waals surface area contributed by atoms with E-state index in [1.54, 1.807) is 17.3 Å². The largest absolute Gasteiger partial charge is 0.347 e. The van der Waals surface area contributed by atoms with Crippen LogP contribution in [0.2, 0.25) is 0 Å². The van der Waals surface area contributed by atoms with E-state index in [2.05, 4.69) is 15.3 Å². The molecule has 0 bridgehead atoms. The molecule has 1 atom stereocenters. The summed E-state index contributed by atoms with van der Waals surface area (Å²) in [4.78, 5) is 36.2. The minimum atomic E-state index is -0.503. The topological polar surface area (TPSA) is 78.4 Å². The molecule has 0 unspecified atom stereocenters. The number of carbonyl (C=O) groups excluding carboxylic acids is 2. The summed E-state index contributed by atoms with van der Waals surface area (Å²) in [5.41, 5.74) is 0.603. The van der Waals surface area contributed by atoms with Gasteiger partial charge in [-0.15, -0.1) is 0 Å². The highest BCUT2D eigenvalue weighted by Gasteiger charge is 2.35. The van der Waals surface area contributed by atoms with E-state index in [0.717, 1.165) is 6.42 Å². The van der Waals surface area contributed by atoms with Gasteiger partial charge in [0.05, 0.1) is 0 Å². The quantitative estimate of drug-likeness (QED) is 0.502. The van der Waals surface area contributed by atoms with E-state index in [1.807, 2.05) is 27.9 Å². The molecule has 1 aliphatic rings. The number of rotatable bonds is 4. The van der Waals surface area contributed by atoms with Crippen LogP contribution in [0.3, 0.4) is 0 Å². The van der Waals surface area contributed by atoms with Gasteiger partial charge in [-0.3, -0.25) is 19.8 Å². The first-order valence-electron chi connectivity index (χ1n) is 7.25. The lowest BCUT2D eigenvalue weighted by Gasteiger charge is -2.33. The van der Waals surface area contributed by atoms with Crippen molar-refractivity contribution in [2.45, 2.75) is 26.3 Å². The van der Waals surface area contributed by atoms with Crippen molar-refractivity contribution in [2.24, 2.45) is 0 Å². The maximum absolute atomic E-state index is 12.6. The number of aromatic nitrogens is 2. The Morgan fingerprint density at radius 1 is 1.35 bits per heavy atom. The lowest BCUT2D eigenvalue weighted by Crippen LogP contribution is -2.56. The summed E-state index contributed by atoms with van der Waals surface area (Å²) in [6.45, 7) is 3.84. The molecule has 0 saturated carbocycles. The maximum atomic E-state index is 12.6. The Morgan fingerprint density at radius 2 is 1.96 bits per heavy atom. The zero-order valence-corrected chi connectivity index (χ0v) is 14.3. The number of nitrogens with one attached hydrogen (secondary N) is 1. The monoisotopic (exact) mass is 333 g/mol. The van der Waals surface area contributed by atoms with Crippen LogP contribution in [-0.2, 0) is 9.59 Å². The Morgan fingerprint density at radius 3 is 2.48 bits per heavy atom. The lowest BCUT2D eigenvalue weighted by atomic mass is 10.1. The molecule has 7 nitrogen and oxygen atoms in total. The van der Waals surface area contributed by atoms with E-state index in [9.17, 15) is 9.59 Å². The molecular weight excluding hydrogens is 314 g/mol. The van der Waals surface area contributed by atoms with Gasteiger partial charge in [-0.05, 0) is 31.6 Å². The molecule has 122 valence electrons. The molecule has 1 aliphatic heterocycles. The van der Waals surface area contributed by atoms with Gasteiger partial charge in [0, 0.05) is 38.1 Å². The first kappa shape index (κ1) is 17.0. The Kier molecular flexibility index (Phi) is 5.05. The molecule has 2 rings (SSSR count). The zero-order valence-electron chi connectivity index (χ0n) is 13.5. The first-order valence-corrected chi connectivity index (χ1v) is 7.66. The summed E-state index contributed by atoms with van der Waals surface area (Å²) in [7, 11) is 3.66. The third kappa shape index (κ3) is 3.53. The van der Waals surface area contributed by atoms with Gasteiger partial charge < -0.3 is 4.90 Å². The van der Waals surface area contributed by atoms with Crippen molar-refractivity contribution in [1.29, 1.82) is 0 Å². The smallest absolute Gasteiger partial charge is 0.265 e. The van der Waals surface area contributed by atoms with Gasteiger partial charge in [0.1, 0.15) is 5.57 Å². The molecule has 1 aromatic rings. The second-order valence-electron chi connectivity index (χ2n) is 5.46. The molecule has 0 radical (unpaired) electrons. The van der Waals surface area contributed by atoms with Crippen molar-refractivity contribution < 1.29 is 9.59 Å². The van der Waals surface area contributed by atoms with E-state index >= 15 is 0 Å². The highest BCUT2D eigenvalue weighted by atomic mass is 32.1. The van der Waals surface area contributed by atoms with Gasteiger partial charge in [-0.1, -0.05) is 6.92 Å². The van der Waals surface area contributed by atoms with Crippen LogP contribution in [0.25, 0.3) is 6.08 Å². The molecule has 1 N–H and O–H groups in total. The second kappa shape index (κ2) is 6.82. The molecule has 1 fully saturated rings. The van der Waals surface area contributed by atoms with Gasteiger partial charge in [0.25, 0.3) is 11.8 Å². The van der Waals surface area contributed by atoms with Crippen molar-refractivity contribution in [2.75, 3.05) is 19.0 Å². The predicted molar refractivity (Wildman–Crippen MR) is 91.7 cm³/mol. The third-order valence-corrected chi connectivity index (χ3v) is 3.83. The molecule has 2 heterocycles. The van der Waals surface area contributed by atoms with Crippen LogP contribution in [0.4, 0.5) is 5.95 Å². The summed E-state index contributed by atoms with van der Waals surface area (Å²) in [6, 6.07) is -0.0913. The number of carbonyl (C=O) groups is 2. The number of nitrogens with zero attached hydrogens (tertiary/aromatic N) is 4. The van der Waals surface area contributed by atoms with Gasteiger partial charge >= 0.3 is 0 Å². The molecule has 0 aromatic carbocycles. The minimum Gasteiger partial charge on any atom is -0.347 e. The fourth-order valence-corrected chi connectivity index (χ4v) is 2.41. The molecule has 0 aliphatic carbocycles. The van der Waals surface area contributed by atoms with Crippen LogP contribution in [0, 0.1) is 0 Å². The maximum Gasteiger partial charge on any atom is 0.265 e. The Bertz CT molecular complexity index is 669. The highest BCUT2D eigenvalue weighted by Crippen LogP contribution is 2.17. The number of amides is 2. The lowest BCUT2D eigenvalue weighted by molar-refractivity contribution is -0.130. The van der Waals surface area contributed by atoms with Crippen LogP contribution in [0.1, 0.15) is 25.8 Å². The van der Waals surface area contributed by atoms with E-state index in [4.69, 9.17) is 12.2 Å². The fourth-order valence-electron chi connectivity index (χ4n) is 2.06. The van der Waals surface area contributed by atoms with Crippen molar-refractivity contribution in [3.8, 4) is 0 Å². The van der Waals surface area contributed by atoms with Crippen molar-refractivity contribution >= 4 is 41.2 Å². The molecule has 0 spiro atoms. The summed E-state index contributed by atoms with van der Waals surface area (Å²) in [5.74, 6) is -0.352. The van der Waals surface area contributed by atoms with E-state index < -0.39 is 11.8 Å². The summed E-state index contributed by atoms with van der Waals surface area (Å²) < 4.78 is 0.